The third kappa shape index (κ3) is 2.56. The average molecular weight is 288 g/mol. The molecule has 7 heteroatoms. The van der Waals surface area contributed by atoms with Gasteiger partial charge in [-0.2, -0.15) is 5.10 Å². The highest BCUT2D eigenvalue weighted by Crippen LogP contribution is 2.25. The van der Waals surface area contributed by atoms with Gasteiger partial charge < -0.3 is 10.7 Å². The number of aromatic nitrogens is 4. The second-order valence-corrected chi connectivity index (χ2v) is 6.30. The Morgan fingerprint density at radius 2 is 2.29 bits per heavy atom. The molecule has 21 heavy (non-hydrogen) atoms. The topological polar surface area (TPSA) is 92.8 Å². The number of imidazole rings is 1. The first-order chi connectivity index (χ1) is 9.85. The molecule has 0 unspecified atom stereocenters. The quantitative estimate of drug-likeness (QED) is 0.859. The largest absolute Gasteiger partial charge is 0.364 e. The zero-order valence-electron chi connectivity index (χ0n) is 12.6. The smallest absolute Gasteiger partial charge is 0.268 e. The predicted octanol–water partition coefficient (Wildman–Crippen LogP) is 0.476. The lowest BCUT2D eigenvalue weighted by Crippen LogP contribution is -2.45. The molecule has 2 aromatic rings. The van der Waals surface area contributed by atoms with Crippen molar-refractivity contribution in [2.24, 2.45) is 5.73 Å². The first-order valence-corrected chi connectivity index (χ1v) is 6.96. The molecule has 112 valence electrons. The summed E-state index contributed by atoms with van der Waals surface area (Å²) in [4.78, 5) is 20.5. The number of carbonyl (C=O) groups excluding carboxylic acids is 1. The summed E-state index contributed by atoms with van der Waals surface area (Å²) in [6, 6.07) is 2.10. The lowest BCUT2D eigenvalue weighted by Gasteiger charge is -2.37. The van der Waals surface area contributed by atoms with Crippen LogP contribution in [0.2, 0.25) is 0 Å². The fourth-order valence-electron chi connectivity index (χ4n) is 3.01. The Balaban J connectivity index is 1.86. The molecule has 0 atom stereocenters. The highest BCUT2D eigenvalue weighted by molar-refractivity contribution is 5.90. The fourth-order valence-corrected chi connectivity index (χ4v) is 3.01. The van der Waals surface area contributed by atoms with Gasteiger partial charge in [0.25, 0.3) is 5.91 Å². The standard InChI is InChI=1S/C14H20N6O/c1-14(2)8-19(3)7-10-4-9(18-20(10)14)5-12-16-6-11(17-12)13(15)21/h4,6H,5,7-8H2,1-3H3,(H2,15,21)(H,16,17). The first kappa shape index (κ1) is 13.8. The Kier molecular flexibility index (Phi) is 3.09. The number of rotatable bonds is 3. The summed E-state index contributed by atoms with van der Waals surface area (Å²) in [6.07, 6.45) is 2.10. The molecular weight excluding hydrogens is 268 g/mol. The number of nitrogens with two attached hydrogens (primary N) is 1. The Morgan fingerprint density at radius 3 is 2.95 bits per heavy atom. The molecule has 1 amide bonds. The van der Waals surface area contributed by atoms with Gasteiger partial charge in [-0.1, -0.05) is 0 Å². The van der Waals surface area contributed by atoms with Crippen LogP contribution in [0.3, 0.4) is 0 Å². The average Bonchev–Trinajstić information content (AvgIpc) is 2.95. The summed E-state index contributed by atoms with van der Waals surface area (Å²) in [7, 11) is 2.11. The number of aromatic amines is 1. The van der Waals surface area contributed by atoms with Crippen molar-refractivity contribution in [3.8, 4) is 0 Å². The molecule has 3 rings (SSSR count). The maximum atomic E-state index is 11.1. The van der Waals surface area contributed by atoms with Crippen LogP contribution in [0.25, 0.3) is 0 Å². The number of amides is 1. The van der Waals surface area contributed by atoms with Crippen LogP contribution in [0.4, 0.5) is 0 Å². The van der Waals surface area contributed by atoms with Crippen LogP contribution >= 0.6 is 0 Å². The van der Waals surface area contributed by atoms with Crippen molar-refractivity contribution < 1.29 is 4.79 Å². The molecule has 0 bridgehead atoms. The SMILES string of the molecule is CN1Cc2cc(Cc3nc(C(N)=O)c[nH]3)nn2C(C)(C)C1. The summed E-state index contributed by atoms with van der Waals surface area (Å²) in [5.74, 6) is 0.176. The molecule has 1 aliphatic rings. The van der Waals surface area contributed by atoms with Crippen molar-refractivity contribution in [3.05, 3.63) is 35.2 Å². The summed E-state index contributed by atoms with van der Waals surface area (Å²) >= 11 is 0. The molecule has 0 fully saturated rings. The molecule has 0 aromatic carbocycles. The van der Waals surface area contributed by atoms with Gasteiger partial charge >= 0.3 is 0 Å². The fraction of sp³-hybridized carbons (Fsp3) is 0.500. The minimum Gasteiger partial charge on any atom is -0.364 e. The van der Waals surface area contributed by atoms with E-state index in [1.807, 2.05) is 0 Å². The summed E-state index contributed by atoms with van der Waals surface area (Å²) < 4.78 is 2.10. The van der Waals surface area contributed by atoms with E-state index in [1.165, 1.54) is 11.9 Å². The molecule has 0 saturated carbocycles. The number of primary amides is 1. The molecule has 2 aromatic heterocycles. The molecule has 3 heterocycles. The van der Waals surface area contributed by atoms with Gasteiger partial charge in [-0.25, -0.2) is 4.98 Å². The van der Waals surface area contributed by atoms with Crippen molar-refractivity contribution in [3.63, 3.8) is 0 Å². The zero-order valence-corrected chi connectivity index (χ0v) is 12.6. The van der Waals surface area contributed by atoms with Gasteiger partial charge in [-0.15, -0.1) is 0 Å². The second kappa shape index (κ2) is 4.70. The van der Waals surface area contributed by atoms with Crippen LogP contribution in [-0.2, 0) is 18.5 Å². The molecule has 1 aliphatic heterocycles. The molecule has 3 N–H and O–H groups in total. The van der Waals surface area contributed by atoms with Crippen molar-refractivity contribution in [1.82, 2.24) is 24.6 Å². The van der Waals surface area contributed by atoms with E-state index >= 15 is 0 Å². The van der Waals surface area contributed by atoms with Gasteiger partial charge in [0, 0.05) is 25.7 Å². The number of nitrogens with zero attached hydrogens (tertiary/aromatic N) is 4. The maximum absolute atomic E-state index is 11.1. The monoisotopic (exact) mass is 288 g/mol. The van der Waals surface area contributed by atoms with E-state index in [4.69, 9.17) is 10.8 Å². The number of hydrogen-bond acceptors (Lipinski definition) is 4. The first-order valence-electron chi connectivity index (χ1n) is 6.96. The lowest BCUT2D eigenvalue weighted by molar-refractivity contribution is 0.0996. The molecule has 0 radical (unpaired) electrons. The number of likely N-dealkylation sites (N-methyl/N-ethyl adjacent to an activating group) is 1. The van der Waals surface area contributed by atoms with Crippen molar-refractivity contribution in [2.75, 3.05) is 13.6 Å². The molecular formula is C14H20N6O. The van der Waals surface area contributed by atoms with E-state index in [-0.39, 0.29) is 11.2 Å². The Hall–Kier alpha value is -2.15. The Labute approximate surface area is 123 Å². The van der Waals surface area contributed by atoms with E-state index in [2.05, 4.69) is 46.5 Å². The molecule has 0 saturated heterocycles. The molecule has 0 spiro atoms. The van der Waals surface area contributed by atoms with Gasteiger partial charge in [-0.3, -0.25) is 14.4 Å². The second-order valence-electron chi connectivity index (χ2n) is 6.30. The number of H-pyrrole nitrogens is 1. The van der Waals surface area contributed by atoms with Crippen molar-refractivity contribution >= 4 is 5.91 Å². The highest BCUT2D eigenvalue weighted by Gasteiger charge is 2.31. The zero-order chi connectivity index (χ0) is 15.2. The minimum atomic E-state index is -0.524. The van der Waals surface area contributed by atoms with Crippen LogP contribution in [0, 0.1) is 0 Å². The van der Waals surface area contributed by atoms with Crippen LogP contribution in [-0.4, -0.2) is 44.1 Å². The van der Waals surface area contributed by atoms with Crippen molar-refractivity contribution in [2.45, 2.75) is 32.4 Å². The van der Waals surface area contributed by atoms with Crippen LogP contribution < -0.4 is 5.73 Å². The predicted molar refractivity (Wildman–Crippen MR) is 77.8 cm³/mol. The van der Waals surface area contributed by atoms with Crippen molar-refractivity contribution in [1.29, 1.82) is 0 Å². The van der Waals surface area contributed by atoms with E-state index in [1.54, 1.807) is 0 Å². The molecule has 0 aliphatic carbocycles. The summed E-state index contributed by atoms with van der Waals surface area (Å²) in [5, 5.41) is 4.70. The number of fused-ring (bicyclic) bond motifs is 1. The maximum Gasteiger partial charge on any atom is 0.268 e. The van der Waals surface area contributed by atoms with Gasteiger partial charge in [0.05, 0.1) is 16.9 Å². The van der Waals surface area contributed by atoms with Gasteiger partial charge in [0.15, 0.2) is 0 Å². The number of hydrogen-bond donors (Lipinski definition) is 2. The van der Waals surface area contributed by atoms with Crippen LogP contribution in [0.1, 0.15) is 41.5 Å². The van der Waals surface area contributed by atoms with Crippen LogP contribution in [0.15, 0.2) is 12.3 Å². The van der Waals surface area contributed by atoms with Crippen LogP contribution in [0.5, 0.6) is 0 Å². The summed E-state index contributed by atoms with van der Waals surface area (Å²) in [5.41, 5.74) is 7.58. The van der Waals surface area contributed by atoms with E-state index in [9.17, 15) is 4.79 Å². The Morgan fingerprint density at radius 1 is 1.52 bits per heavy atom. The van der Waals surface area contributed by atoms with E-state index in [0.717, 1.165) is 18.8 Å². The van der Waals surface area contributed by atoms with E-state index in [0.29, 0.717) is 12.2 Å². The number of nitrogens with one attached hydrogen (secondary N) is 1. The molecule has 7 nitrogen and oxygen atoms in total. The lowest BCUT2D eigenvalue weighted by atomic mass is 10.0. The van der Waals surface area contributed by atoms with Gasteiger partial charge in [0.1, 0.15) is 11.5 Å². The number of carbonyl (C=O) groups is 1. The summed E-state index contributed by atoms with van der Waals surface area (Å²) in [6.45, 7) is 6.22. The van der Waals surface area contributed by atoms with Gasteiger partial charge in [0.2, 0.25) is 0 Å². The highest BCUT2D eigenvalue weighted by atomic mass is 16.1. The third-order valence-electron chi connectivity index (χ3n) is 3.73. The minimum absolute atomic E-state index is 0.0257. The van der Waals surface area contributed by atoms with Gasteiger partial charge in [-0.05, 0) is 27.0 Å². The normalized spacial score (nSPS) is 17.7. The third-order valence-corrected chi connectivity index (χ3v) is 3.73. The van der Waals surface area contributed by atoms with E-state index < -0.39 is 5.91 Å². The Bertz CT molecular complexity index is 683.